The van der Waals surface area contributed by atoms with Crippen LogP contribution < -0.4 is 5.32 Å². The van der Waals surface area contributed by atoms with Crippen molar-refractivity contribution < 1.29 is 17.9 Å². The summed E-state index contributed by atoms with van der Waals surface area (Å²) in [5.41, 5.74) is 2.24. The number of carbonyl (C=O) groups excluding carboxylic acids is 1. The number of hydrogen-bond donors (Lipinski definition) is 2. The molecule has 0 unspecified atom stereocenters. The van der Waals surface area contributed by atoms with Crippen LogP contribution in [0.25, 0.3) is 0 Å². The topological polar surface area (TPSA) is 108 Å². The van der Waals surface area contributed by atoms with Crippen LogP contribution in [0, 0.1) is 0 Å². The second-order valence-corrected chi connectivity index (χ2v) is 9.78. The number of nitrogens with zero attached hydrogens (tertiary/aromatic N) is 3. The van der Waals surface area contributed by atoms with Gasteiger partial charge in [0.25, 0.3) is 0 Å². The van der Waals surface area contributed by atoms with E-state index in [1.165, 1.54) is 9.21 Å². The van der Waals surface area contributed by atoms with Crippen molar-refractivity contribution in [3.05, 3.63) is 35.5 Å². The highest BCUT2D eigenvalue weighted by molar-refractivity contribution is 7.89. The largest absolute Gasteiger partial charge is 0.446 e. The molecule has 2 atom stereocenters. The van der Waals surface area contributed by atoms with Gasteiger partial charge in [-0.3, -0.25) is 5.10 Å². The van der Waals surface area contributed by atoms with Gasteiger partial charge in [-0.25, -0.2) is 13.2 Å². The van der Waals surface area contributed by atoms with Gasteiger partial charge in [-0.05, 0) is 30.9 Å². The van der Waals surface area contributed by atoms with E-state index < -0.39 is 10.0 Å². The molecule has 10 heteroatoms. The van der Waals surface area contributed by atoms with Crippen LogP contribution in [-0.4, -0.2) is 61.2 Å². The second kappa shape index (κ2) is 7.34. The van der Waals surface area contributed by atoms with Gasteiger partial charge in [0.2, 0.25) is 10.0 Å². The van der Waals surface area contributed by atoms with Crippen molar-refractivity contribution in [3.8, 4) is 0 Å². The van der Waals surface area contributed by atoms with Gasteiger partial charge < -0.3 is 15.0 Å². The lowest BCUT2D eigenvalue weighted by atomic mass is 10.0. The molecule has 1 amide bonds. The molecular formula is C19H25N5O4S. The Bertz CT molecular complexity index is 1030. The fourth-order valence-corrected chi connectivity index (χ4v) is 5.40. The Morgan fingerprint density at radius 1 is 1.34 bits per heavy atom. The molecule has 1 aliphatic heterocycles. The van der Waals surface area contributed by atoms with Crippen molar-refractivity contribution in [1.82, 2.24) is 19.4 Å². The first-order valence-electron chi connectivity index (χ1n) is 9.54. The van der Waals surface area contributed by atoms with Gasteiger partial charge in [0.1, 0.15) is 11.0 Å². The third-order valence-corrected chi connectivity index (χ3v) is 7.42. The molecule has 0 bridgehead atoms. The highest BCUT2D eigenvalue weighted by Gasteiger charge is 2.34. The monoisotopic (exact) mass is 419 g/mol. The van der Waals surface area contributed by atoms with Crippen LogP contribution in [-0.2, 0) is 21.3 Å². The Labute approximate surface area is 170 Å². The SMILES string of the molecule is CN(C)C(=O)O[C@@H]1CC[C@H](c2cc(Nc3cccc4c3S(=O)(=O)N(C)C4)n[nH]2)C1. The molecule has 2 heterocycles. The van der Waals surface area contributed by atoms with Crippen molar-refractivity contribution in [2.45, 2.75) is 42.7 Å². The maximum absolute atomic E-state index is 12.6. The number of fused-ring (bicyclic) bond motifs is 1. The van der Waals surface area contributed by atoms with Crippen molar-refractivity contribution in [2.75, 3.05) is 26.5 Å². The van der Waals surface area contributed by atoms with E-state index in [1.54, 1.807) is 27.2 Å². The number of aromatic nitrogens is 2. The second-order valence-electron chi connectivity index (χ2n) is 7.80. The summed E-state index contributed by atoms with van der Waals surface area (Å²) in [5.74, 6) is 0.779. The van der Waals surface area contributed by atoms with E-state index in [1.807, 2.05) is 18.2 Å². The molecule has 1 aromatic heterocycles. The zero-order chi connectivity index (χ0) is 20.8. The number of benzene rings is 1. The number of hydrogen-bond acceptors (Lipinski definition) is 6. The van der Waals surface area contributed by atoms with Crippen LogP contribution in [0.3, 0.4) is 0 Å². The van der Waals surface area contributed by atoms with E-state index in [0.717, 1.165) is 30.5 Å². The van der Waals surface area contributed by atoms with Crippen LogP contribution in [0.15, 0.2) is 29.2 Å². The number of sulfonamides is 1. The zero-order valence-corrected chi connectivity index (χ0v) is 17.5. The molecule has 1 saturated carbocycles. The Balaban J connectivity index is 1.47. The molecule has 1 aromatic carbocycles. The lowest BCUT2D eigenvalue weighted by Crippen LogP contribution is -2.26. The van der Waals surface area contributed by atoms with Gasteiger partial charge in [-0.15, -0.1) is 0 Å². The molecular weight excluding hydrogens is 394 g/mol. The molecule has 1 fully saturated rings. The molecule has 0 radical (unpaired) electrons. The molecule has 2 aliphatic rings. The van der Waals surface area contributed by atoms with E-state index in [-0.39, 0.29) is 18.1 Å². The quantitative estimate of drug-likeness (QED) is 0.789. The third-order valence-electron chi connectivity index (χ3n) is 5.48. The number of rotatable bonds is 4. The van der Waals surface area contributed by atoms with Crippen molar-refractivity contribution in [1.29, 1.82) is 0 Å². The molecule has 156 valence electrons. The minimum Gasteiger partial charge on any atom is -0.446 e. The van der Waals surface area contributed by atoms with Gasteiger partial charge in [0.15, 0.2) is 5.82 Å². The first-order valence-corrected chi connectivity index (χ1v) is 11.0. The van der Waals surface area contributed by atoms with Crippen molar-refractivity contribution in [3.63, 3.8) is 0 Å². The third kappa shape index (κ3) is 3.69. The summed E-state index contributed by atoms with van der Waals surface area (Å²) in [6.07, 6.45) is 2.01. The number of aromatic amines is 1. The van der Waals surface area contributed by atoms with Crippen LogP contribution in [0.1, 0.15) is 36.4 Å². The highest BCUT2D eigenvalue weighted by Crippen LogP contribution is 2.38. The number of anilines is 2. The van der Waals surface area contributed by atoms with Crippen LogP contribution >= 0.6 is 0 Å². The molecule has 1 aliphatic carbocycles. The number of carbonyl (C=O) groups is 1. The Morgan fingerprint density at radius 3 is 2.90 bits per heavy atom. The molecule has 4 rings (SSSR count). The van der Waals surface area contributed by atoms with Crippen LogP contribution in [0.2, 0.25) is 0 Å². The Hall–Kier alpha value is -2.59. The molecule has 2 N–H and O–H groups in total. The summed E-state index contributed by atoms with van der Waals surface area (Å²) < 4.78 is 32.0. The summed E-state index contributed by atoms with van der Waals surface area (Å²) in [5, 5.41) is 10.5. The smallest absolute Gasteiger partial charge is 0.409 e. The van der Waals surface area contributed by atoms with E-state index in [9.17, 15) is 13.2 Å². The molecule has 2 aromatic rings. The lowest BCUT2D eigenvalue weighted by Gasteiger charge is -2.16. The fraction of sp³-hybridized carbons (Fsp3) is 0.474. The number of ether oxygens (including phenoxy) is 1. The highest BCUT2D eigenvalue weighted by atomic mass is 32.2. The van der Waals surface area contributed by atoms with Crippen LogP contribution in [0.4, 0.5) is 16.3 Å². The van der Waals surface area contributed by atoms with Gasteiger partial charge >= 0.3 is 6.09 Å². The number of H-pyrrole nitrogens is 1. The summed E-state index contributed by atoms with van der Waals surface area (Å²) in [7, 11) is 1.42. The zero-order valence-electron chi connectivity index (χ0n) is 16.7. The van der Waals surface area contributed by atoms with E-state index >= 15 is 0 Å². The predicted octanol–water partition coefficient (Wildman–Crippen LogP) is 2.62. The molecule has 0 saturated heterocycles. The van der Waals surface area contributed by atoms with Gasteiger partial charge in [-0.2, -0.15) is 9.40 Å². The van der Waals surface area contributed by atoms with Crippen molar-refractivity contribution >= 4 is 27.6 Å². The van der Waals surface area contributed by atoms with E-state index in [2.05, 4.69) is 15.5 Å². The maximum Gasteiger partial charge on any atom is 0.409 e. The first-order chi connectivity index (χ1) is 13.8. The summed E-state index contributed by atoms with van der Waals surface area (Å²) in [6, 6.07) is 7.30. The molecule has 0 spiro atoms. The van der Waals surface area contributed by atoms with Crippen LogP contribution in [0.5, 0.6) is 0 Å². The standard InChI is InChI=1S/C19H25N5O4S/c1-23(2)19(25)28-14-8-7-12(9-14)16-10-17(22-21-16)20-15-6-4-5-13-11-24(3)29(26,27)18(13)15/h4-6,10,12,14H,7-9,11H2,1-3H3,(H2,20,21,22)/t12-,14+/m0/s1. The van der Waals surface area contributed by atoms with Gasteiger partial charge in [0, 0.05) is 45.4 Å². The van der Waals surface area contributed by atoms with Crippen molar-refractivity contribution in [2.24, 2.45) is 0 Å². The van der Waals surface area contributed by atoms with Gasteiger partial charge in [-0.1, -0.05) is 12.1 Å². The molecule has 29 heavy (non-hydrogen) atoms. The minimum atomic E-state index is -3.49. The van der Waals surface area contributed by atoms with E-state index in [0.29, 0.717) is 22.9 Å². The number of nitrogens with one attached hydrogen (secondary N) is 2. The minimum absolute atomic E-state index is 0.104. The van der Waals surface area contributed by atoms with E-state index in [4.69, 9.17) is 4.74 Å². The van der Waals surface area contributed by atoms with Gasteiger partial charge in [0.05, 0.1) is 5.69 Å². The summed E-state index contributed by atoms with van der Waals surface area (Å²) >= 11 is 0. The average Bonchev–Trinajstić information content (AvgIpc) is 3.35. The summed E-state index contributed by atoms with van der Waals surface area (Å²) in [4.78, 5) is 13.5. The predicted molar refractivity (Wildman–Crippen MR) is 108 cm³/mol. The lowest BCUT2D eigenvalue weighted by molar-refractivity contribution is 0.0770. The first kappa shape index (κ1) is 19.7. The Morgan fingerprint density at radius 2 is 2.14 bits per heavy atom. The molecule has 9 nitrogen and oxygen atoms in total. The Kier molecular flexibility index (Phi) is 4.99. The normalized spacial score (nSPS) is 23.0. The average molecular weight is 420 g/mol. The maximum atomic E-state index is 12.6. The number of amides is 1. The fourth-order valence-electron chi connectivity index (χ4n) is 3.92. The summed E-state index contributed by atoms with van der Waals surface area (Å²) in [6.45, 7) is 0.369.